The molecule has 0 saturated carbocycles. The van der Waals surface area contributed by atoms with E-state index in [1.165, 1.54) is 12.1 Å². The van der Waals surface area contributed by atoms with E-state index in [-0.39, 0.29) is 11.4 Å². The van der Waals surface area contributed by atoms with E-state index in [2.05, 4.69) is 18.7 Å². The van der Waals surface area contributed by atoms with Crippen molar-refractivity contribution >= 4 is 28.3 Å². The maximum Gasteiger partial charge on any atom is 0.271 e. The molecule has 0 radical (unpaired) electrons. The Bertz CT molecular complexity index is 449. The van der Waals surface area contributed by atoms with Crippen molar-refractivity contribution in [2.24, 2.45) is 0 Å². The Morgan fingerprint density at radius 2 is 2.11 bits per heavy atom. The van der Waals surface area contributed by atoms with Crippen molar-refractivity contribution in [3.05, 3.63) is 31.4 Å². The van der Waals surface area contributed by atoms with Gasteiger partial charge >= 0.3 is 0 Å². The summed E-state index contributed by atoms with van der Waals surface area (Å²) in [6.45, 7) is 7.49. The van der Waals surface area contributed by atoms with Crippen LogP contribution < -0.4 is 0 Å². The average molecular weight is 364 g/mol. The van der Waals surface area contributed by atoms with Crippen LogP contribution in [0.25, 0.3) is 0 Å². The number of nitro benzene ring substituents is 1. The van der Waals surface area contributed by atoms with E-state index in [9.17, 15) is 15.2 Å². The molecule has 0 aliphatic rings. The zero-order chi connectivity index (χ0) is 13.9. The number of nitrogens with zero attached hydrogens (tertiary/aromatic N) is 2. The Kier molecular flexibility index (Phi) is 5.33. The fourth-order valence-corrected chi connectivity index (χ4v) is 2.41. The third-order valence-corrected chi connectivity index (χ3v) is 3.67. The lowest BCUT2D eigenvalue weighted by atomic mass is 10.1. The number of hydrogen-bond donors (Lipinski definition) is 1. The second-order valence-electron chi connectivity index (χ2n) is 4.35. The molecule has 1 aromatic rings. The van der Waals surface area contributed by atoms with Gasteiger partial charge in [0.1, 0.15) is 5.75 Å². The normalized spacial score (nSPS) is 11.2. The summed E-state index contributed by atoms with van der Waals surface area (Å²) >= 11 is 1.91. The number of rotatable bonds is 5. The number of phenols is 1. The molecule has 6 heteroatoms. The minimum absolute atomic E-state index is 0.0204. The molecule has 0 bridgehead atoms. The number of nitro groups is 1. The van der Waals surface area contributed by atoms with Gasteiger partial charge < -0.3 is 5.11 Å². The molecule has 0 fully saturated rings. The molecular weight excluding hydrogens is 347 g/mol. The number of hydrogen-bond acceptors (Lipinski definition) is 4. The molecule has 18 heavy (non-hydrogen) atoms. The monoisotopic (exact) mass is 364 g/mol. The summed E-state index contributed by atoms with van der Waals surface area (Å²) in [5.41, 5.74) is 0.621. The Morgan fingerprint density at radius 3 is 2.56 bits per heavy atom. The van der Waals surface area contributed by atoms with E-state index in [4.69, 9.17) is 0 Å². The van der Waals surface area contributed by atoms with Gasteiger partial charge in [0.05, 0.1) is 8.49 Å². The third kappa shape index (κ3) is 3.55. The first-order chi connectivity index (χ1) is 8.36. The fraction of sp³-hybridized carbons (Fsp3) is 0.500. The van der Waals surface area contributed by atoms with Crippen molar-refractivity contribution in [1.82, 2.24) is 4.90 Å². The van der Waals surface area contributed by atoms with Crippen molar-refractivity contribution < 1.29 is 10.0 Å². The molecule has 0 amide bonds. The molecule has 1 rings (SSSR count). The van der Waals surface area contributed by atoms with E-state index in [1.807, 2.05) is 29.5 Å². The summed E-state index contributed by atoms with van der Waals surface area (Å²) < 4.78 is 0.511. The lowest BCUT2D eigenvalue weighted by Crippen LogP contribution is -2.30. The first kappa shape index (κ1) is 15.2. The number of aromatic hydroxyl groups is 1. The molecule has 0 spiro atoms. The van der Waals surface area contributed by atoms with Crippen molar-refractivity contribution in [3.63, 3.8) is 0 Å². The molecule has 0 atom stereocenters. The maximum absolute atomic E-state index is 10.8. The number of phenolic OH excluding ortho intramolecular Hbond substituents is 1. The average Bonchev–Trinajstić information content (AvgIpc) is 2.30. The molecule has 0 saturated heterocycles. The highest BCUT2D eigenvalue weighted by Crippen LogP contribution is 2.30. The minimum atomic E-state index is -0.434. The van der Waals surface area contributed by atoms with Crippen molar-refractivity contribution in [2.45, 2.75) is 33.4 Å². The molecular formula is C12H17IN2O3. The van der Waals surface area contributed by atoms with E-state index in [0.717, 1.165) is 6.54 Å². The third-order valence-electron chi connectivity index (χ3n) is 2.85. The summed E-state index contributed by atoms with van der Waals surface area (Å²) in [4.78, 5) is 12.5. The highest BCUT2D eigenvalue weighted by Gasteiger charge is 2.17. The largest absolute Gasteiger partial charge is 0.506 e. The van der Waals surface area contributed by atoms with Crippen LogP contribution in [0.5, 0.6) is 5.75 Å². The molecule has 1 aromatic carbocycles. The Hall–Kier alpha value is -0.890. The quantitative estimate of drug-likeness (QED) is 0.495. The second kappa shape index (κ2) is 6.33. The highest BCUT2D eigenvalue weighted by molar-refractivity contribution is 14.1. The summed E-state index contributed by atoms with van der Waals surface area (Å²) in [6, 6.07) is 3.15. The van der Waals surface area contributed by atoms with Crippen LogP contribution in [0.1, 0.15) is 26.3 Å². The van der Waals surface area contributed by atoms with E-state index in [0.29, 0.717) is 21.7 Å². The van der Waals surface area contributed by atoms with Crippen LogP contribution in [0.3, 0.4) is 0 Å². The standard InChI is InChI=1S/C12H17IN2O3/c1-4-14(8(2)3)7-9-5-10(15(17)18)6-11(13)12(9)16/h5-6,8,16H,4,7H2,1-3H3. The number of non-ortho nitro benzene ring substituents is 1. The fourth-order valence-electron chi connectivity index (χ4n) is 1.74. The lowest BCUT2D eigenvalue weighted by molar-refractivity contribution is -0.385. The molecule has 0 unspecified atom stereocenters. The first-order valence-corrected chi connectivity index (χ1v) is 6.84. The van der Waals surface area contributed by atoms with Crippen molar-refractivity contribution in [2.75, 3.05) is 6.54 Å². The van der Waals surface area contributed by atoms with Gasteiger partial charge in [-0.15, -0.1) is 0 Å². The molecule has 0 aromatic heterocycles. The summed E-state index contributed by atoms with van der Waals surface area (Å²) in [5, 5.41) is 20.8. The van der Waals surface area contributed by atoms with Crippen LogP contribution >= 0.6 is 22.6 Å². The molecule has 0 aliphatic heterocycles. The van der Waals surface area contributed by atoms with Crippen LogP contribution in [-0.2, 0) is 6.54 Å². The smallest absolute Gasteiger partial charge is 0.271 e. The summed E-state index contributed by atoms with van der Waals surface area (Å²) in [5.74, 6) is 0.139. The Balaban J connectivity index is 3.11. The zero-order valence-electron chi connectivity index (χ0n) is 10.7. The number of halogens is 1. The minimum Gasteiger partial charge on any atom is -0.506 e. The zero-order valence-corrected chi connectivity index (χ0v) is 12.8. The van der Waals surface area contributed by atoms with Crippen LogP contribution in [0.15, 0.2) is 12.1 Å². The predicted molar refractivity (Wildman–Crippen MR) is 78.7 cm³/mol. The SMILES string of the molecule is CCN(Cc1cc([N+](=O)[O-])cc(I)c1O)C(C)C. The van der Waals surface area contributed by atoms with E-state index >= 15 is 0 Å². The van der Waals surface area contributed by atoms with Gasteiger partial charge in [0, 0.05) is 30.3 Å². The molecule has 100 valence electrons. The molecule has 1 N–H and O–H groups in total. The van der Waals surface area contributed by atoms with Crippen LogP contribution in [0, 0.1) is 13.7 Å². The van der Waals surface area contributed by atoms with Crippen molar-refractivity contribution in [1.29, 1.82) is 0 Å². The molecule has 5 nitrogen and oxygen atoms in total. The Labute approximate surface area is 120 Å². The first-order valence-electron chi connectivity index (χ1n) is 5.76. The topological polar surface area (TPSA) is 66.6 Å². The summed E-state index contributed by atoms with van der Waals surface area (Å²) in [6.07, 6.45) is 0. The molecule has 0 heterocycles. The summed E-state index contributed by atoms with van der Waals surface area (Å²) in [7, 11) is 0. The predicted octanol–water partition coefficient (Wildman–Crippen LogP) is 3.14. The Morgan fingerprint density at radius 1 is 1.50 bits per heavy atom. The van der Waals surface area contributed by atoms with Gasteiger partial charge in [0.25, 0.3) is 5.69 Å². The van der Waals surface area contributed by atoms with Crippen LogP contribution in [0.2, 0.25) is 0 Å². The van der Waals surface area contributed by atoms with Crippen molar-refractivity contribution in [3.8, 4) is 5.75 Å². The van der Waals surface area contributed by atoms with E-state index < -0.39 is 4.92 Å². The molecule has 0 aliphatic carbocycles. The maximum atomic E-state index is 10.8. The van der Waals surface area contributed by atoms with Gasteiger partial charge in [-0.1, -0.05) is 6.92 Å². The van der Waals surface area contributed by atoms with Gasteiger partial charge in [-0.25, -0.2) is 0 Å². The second-order valence-corrected chi connectivity index (χ2v) is 5.51. The van der Waals surface area contributed by atoms with Gasteiger partial charge in [-0.2, -0.15) is 0 Å². The van der Waals surface area contributed by atoms with Gasteiger partial charge in [0.15, 0.2) is 0 Å². The van der Waals surface area contributed by atoms with Gasteiger partial charge in [0.2, 0.25) is 0 Å². The lowest BCUT2D eigenvalue weighted by Gasteiger charge is -2.25. The van der Waals surface area contributed by atoms with Crippen LogP contribution in [0.4, 0.5) is 5.69 Å². The van der Waals surface area contributed by atoms with Gasteiger partial charge in [-0.3, -0.25) is 15.0 Å². The van der Waals surface area contributed by atoms with Crippen LogP contribution in [-0.4, -0.2) is 27.5 Å². The van der Waals surface area contributed by atoms with E-state index in [1.54, 1.807) is 0 Å². The van der Waals surface area contributed by atoms with Gasteiger partial charge in [-0.05, 0) is 43.0 Å². The number of benzene rings is 1. The highest BCUT2D eigenvalue weighted by atomic mass is 127.